The molecular formula is C15H10ClN3O4. The number of aromatic nitrogens is 3. The fourth-order valence-corrected chi connectivity index (χ4v) is 1.96. The second-order valence-electron chi connectivity index (χ2n) is 4.37. The Morgan fingerprint density at radius 2 is 2.17 bits per heavy atom. The van der Waals surface area contributed by atoms with Crippen molar-refractivity contribution in [3.8, 4) is 11.7 Å². The van der Waals surface area contributed by atoms with E-state index in [0.717, 1.165) is 6.08 Å². The van der Waals surface area contributed by atoms with E-state index in [1.807, 2.05) is 0 Å². The van der Waals surface area contributed by atoms with Crippen molar-refractivity contribution in [1.82, 2.24) is 15.2 Å². The number of hydrogen-bond donors (Lipinski definition) is 2. The third kappa shape index (κ3) is 3.24. The van der Waals surface area contributed by atoms with Crippen LogP contribution in [0.2, 0.25) is 5.02 Å². The number of aliphatic hydroxyl groups is 1. The fourth-order valence-electron chi connectivity index (χ4n) is 1.78. The first-order valence-electron chi connectivity index (χ1n) is 6.46. The van der Waals surface area contributed by atoms with Crippen LogP contribution in [0.4, 0.5) is 0 Å². The van der Waals surface area contributed by atoms with Gasteiger partial charge in [-0.25, -0.2) is 4.98 Å². The maximum absolute atomic E-state index is 12.2. The Kier molecular flexibility index (Phi) is 4.11. The van der Waals surface area contributed by atoms with Gasteiger partial charge in [-0.3, -0.25) is 9.89 Å². The Balaban J connectivity index is 1.85. The normalized spacial score (nSPS) is 11.4. The lowest BCUT2D eigenvalue weighted by Gasteiger charge is -2.05. The van der Waals surface area contributed by atoms with Gasteiger partial charge in [0.2, 0.25) is 5.82 Å². The summed E-state index contributed by atoms with van der Waals surface area (Å²) in [6.07, 6.45) is 3.57. The monoisotopic (exact) mass is 331 g/mol. The number of ketones is 1. The first kappa shape index (κ1) is 14.9. The molecule has 2 N–H and O–H groups in total. The van der Waals surface area contributed by atoms with E-state index < -0.39 is 5.78 Å². The first-order valence-corrected chi connectivity index (χ1v) is 6.84. The molecule has 0 radical (unpaired) electrons. The molecule has 2 aromatic heterocycles. The highest BCUT2D eigenvalue weighted by Gasteiger charge is 2.18. The van der Waals surface area contributed by atoms with Gasteiger partial charge in [-0.2, -0.15) is 5.10 Å². The van der Waals surface area contributed by atoms with Crippen LogP contribution in [0.1, 0.15) is 16.2 Å². The molecule has 0 atom stereocenters. The molecule has 0 unspecified atom stereocenters. The second-order valence-corrected chi connectivity index (χ2v) is 4.78. The Labute approximate surface area is 135 Å². The van der Waals surface area contributed by atoms with E-state index in [-0.39, 0.29) is 23.1 Å². The number of H-pyrrole nitrogens is 1. The maximum atomic E-state index is 12.2. The number of aliphatic hydroxyl groups excluding tert-OH is 1. The van der Waals surface area contributed by atoms with Crippen molar-refractivity contribution < 1.29 is 19.1 Å². The zero-order valence-corrected chi connectivity index (χ0v) is 12.3. The minimum Gasteiger partial charge on any atom is -0.504 e. The number of halogens is 1. The number of benzene rings is 1. The number of carbonyl (C=O) groups is 1. The predicted octanol–water partition coefficient (Wildman–Crippen LogP) is 3.63. The quantitative estimate of drug-likeness (QED) is 0.420. The van der Waals surface area contributed by atoms with E-state index in [1.165, 1.54) is 18.7 Å². The maximum Gasteiger partial charge on any atom is 0.301 e. The number of aromatic amines is 1. The molecule has 7 nitrogen and oxygen atoms in total. The summed E-state index contributed by atoms with van der Waals surface area (Å²) in [6, 6.07) is 8.20. The molecule has 23 heavy (non-hydrogen) atoms. The minimum atomic E-state index is -0.525. The lowest BCUT2D eigenvalue weighted by atomic mass is 10.2. The lowest BCUT2D eigenvalue weighted by molar-refractivity contribution is 0.104. The van der Waals surface area contributed by atoms with Crippen LogP contribution >= 0.6 is 11.6 Å². The van der Waals surface area contributed by atoms with Crippen molar-refractivity contribution in [1.29, 1.82) is 0 Å². The summed E-state index contributed by atoms with van der Waals surface area (Å²) in [5.41, 5.74) is 0.131. The van der Waals surface area contributed by atoms with E-state index in [0.29, 0.717) is 10.8 Å². The summed E-state index contributed by atoms with van der Waals surface area (Å²) in [7, 11) is 0. The third-order valence-electron chi connectivity index (χ3n) is 2.85. The summed E-state index contributed by atoms with van der Waals surface area (Å²) in [6.45, 7) is 0. The van der Waals surface area contributed by atoms with Crippen LogP contribution in [0.15, 0.2) is 53.4 Å². The molecule has 0 fully saturated rings. The number of allylic oxidation sites excluding steroid dienone is 1. The molecule has 0 spiro atoms. The van der Waals surface area contributed by atoms with E-state index in [9.17, 15) is 9.90 Å². The molecule has 0 amide bonds. The van der Waals surface area contributed by atoms with Crippen LogP contribution in [0.5, 0.6) is 11.7 Å². The number of furan rings is 1. The molecular weight excluding hydrogens is 322 g/mol. The van der Waals surface area contributed by atoms with Crippen molar-refractivity contribution in [3.63, 3.8) is 0 Å². The Bertz CT molecular complexity index is 855. The molecule has 2 heterocycles. The molecule has 3 aromatic rings. The summed E-state index contributed by atoms with van der Waals surface area (Å²) >= 11 is 6.00. The van der Waals surface area contributed by atoms with Gasteiger partial charge in [0.1, 0.15) is 17.6 Å². The minimum absolute atomic E-state index is 0.00965. The average molecular weight is 332 g/mol. The van der Waals surface area contributed by atoms with Crippen molar-refractivity contribution in [2.45, 2.75) is 0 Å². The zero-order valence-electron chi connectivity index (χ0n) is 11.6. The molecule has 8 heteroatoms. The van der Waals surface area contributed by atoms with Crippen molar-refractivity contribution in [3.05, 3.63) is 65.4 Å². The van der Waals surface area contributed by atoms with Crippen molar-refractivity contribution in [2.75, 3.05) is 0 Å². The van der Waals surface area contributed by atoms with Crippen LogP contribution in [-0.2, 0) is 0 Å². The van der Waals surface area contributed by atoms with E-state index in [2.05, 4.69) is 15.2 Å². The summed E-state index contributed by atoms with van der Waals surface area (Å²) < 4.78 is 10.7. The van der Waals surface area contributed by atoms with Gasteiger partial charge in [0.15, 0.2) is 11.5 Å². The van der Waals surface area contributed by atoms with E-state index >= 15 is 0 Å². The van der Waals surface area contributed by atoms with Crippen molar-refractivity contribution in [2.24, 2.45) is 0 Å². The Morgan fingerprint density at radius 1 is 1.35 bits per heavy atom. The summed E-state index contributed by atoms with van der Waals surface area (Å²) in [4.78, 5) is 16.0. The van der Waals surface area contributed by atoms with Crippen LogP contribution in [0.3, 0.4) is 0 Å². The van der Waals surface area contributed by atoms with Crippen molar-refractivity contribution >= 4 is 23.1 Å². The average Bonchev–Trinajstić information content (AvgIpc) is 3.20. The van der Waals surface area contributed by atoms with Gasteiger partial charge in [-0.05, 0) is 18.2 Å². The topological polar surface area (TPSA) is 101 Å². The first-order chi connectivity index (χ1) is 11.1. The van der Waals surface area contributed by atoms with Gasteiger partial charge in [-0.1, -0.05) is 23.7 Å². The highest BCUT2D eigenvalue weighted by atomic mass is 35.5. The molecule has 0 saturated carbocycles. The zero-order chi connectivity index (χ0) is 16.2. The molecule has 1 aromatic carbocycles. The van der Waals surface area contributed by atoms with Gasteiger partial charge >= 0.3 is 5.95 Å². The van der Waals surface area contributed by atoms with Gasteiger partial charge in [0.05, 0.1) is 11.3 Å². The number of ether oxygens (including phenoxy) is 1. The fraction of sp³-hybridized carbons (Fsp3) is 0. The Hall–Kier alpha value is -3.06. The highest BCUT2D eigenvalue weighted by Crippen LogP contribution is 2.32. The largest absolute Gasteiger partial charge is 0.504 e. The Morgan fingerprint density at radius 3 is 2.91 bits per heavy atom. The van der Waals surface area contributed by atoms with Gasteiger partial charge in [0, 0.05) is 6.08 Å². The molecule has 0 aliphatic heterocycles. The number of nitrogens with zero attached hydrogens (tertiary/aromatic N) is 2. The van der Waals surface area contributed by atoms with Crippen LogP contribution in [0, 0.1) is 0 Å². The second kappa shape index (κ2) is 6.37. The molecule has 0 bridgehead atoms. The number of rotatable bonds is 5. The smallest absolute Gasteiger partial charge is 0.301 e. The van der Waals surface area contributed by atoms with Crippen LogP contribution in [-0.4, -0.2) is 26.1 Å². The number of nitrogens with one attached hydrogen (secondary N) is 1. The number of hydrogen-bond acceptors (Lipinski definition) is 6. The predicted molar refractivity (Wildman–Crippen MR) is 81.6 cm³/mol. The SMILES string of the molecule is O=C(C=C(O)c1nc[nH]n1)c1ccoc1Oc1ccccc1Cl. The molecule has 3 rings (SSSR count). The standard InChI is InChI=1S/C15H10ClN3O4/c16-10-3-1-2-4-13(10)23-15-9(5-6-22-15)11(20)7-12(21)14-17-8-18-19-14/h1-8,21H,(H,17,18,19). The van der Waals surface area contributed by atoms with Crippen LogP contribution in [0.25, 0.3) is 5.76 Å². The molecule has 0 aliphatic rings. The van der Waals surface area contributed by atoms with Gasteiger partial charge < -0.3 is 14.3 Å². The van der Waals surface area contributed by atoms with E-state index in [1.54, 1.807) is 24.3 Å². The lowest BCUT2D eigenvalue weighted by Crippen LogP contribution is -1.98. The molecule has 0 aliphatic carbocycles. The highest BCUT2D eigenvalue weighted by molar-refractivity contribution is 6.32. The summed E-state index contributed by atoms with van der Waals surface area (Å²) in [5.74, 6) is -0.567. The molecule has 0 saturated heterocycles. The van der Waals surface area contributed by atoms with Gasteiger partial charge in [0.25, 0.3) is 0 Å². The van der Waals surface area contributed by atoms with Gasteiger partial charge in [-0.15, -0.1) is 0 Å². The third-order valence-corrected chi connectivity index (χ3v) is 3.16. The molecule has 116 valence electrons. The number of carbonyl (C=O) groups excluding carboxylic acids is 1. The summed E-state index contributed by atoms with van der Waals surface area (Å²) in [5, 5.41) is 16.3. The van der Waals surface area contributed by atoms with E-state index in [4.69, 9.17) is 20.8 Å². The number of para-hydroxylation sites is 1. The van der Waals surface area contributed by atoms with Crippen LogP contribution < -0.4 is 4.74 Å².